The van der Waals surface area contributed by atoms with Crippen LogP contribution < -0.4 is 27.2 Å². The Morgan fingerprint density at radius 2 is 1.52 bits per heavy atom. The second-order valence-corrected chi connectivity index (χ2v) is 7.55. The lowest BCUT2D eigenvalue weighted by Gasteiger charge is -2.22. The normalized spacial score (nSPS) is 10.8. The summed E-state index contributed by atoms with van der Waals surface area (Å²) in [6, 6.07) is 23.9. The third kappa shape index (κ3) is 4.33. The first-order valence-corrected chi connectivity index (χ1v) is 11.1. The molecule has 3 nitrogen and oxygen atoms in total. The van der Waals surface area contributed by atoms with E-state index in [9.17, 15) is 0 Å². The first-order chi connectivity index (χ1) is 14.7. The fourth-order valence-corrected chi connectivity index (χ4v) is 4.35. The molecule has 0 bridgehead atoms. The van der Waals surface area contributed by atoms with E-state index in [4.69, 9.17) is 4.42 Å². The molecule has 2 aromatic carbocycles. The zero-order valence-electron chi connectivity index (χ0n) is 18.9. The van der Waals surface area contributed by atoms with E-state index in [0.29, 0.717) is 0 Å². The Bertz CT molecular complexity index is 1190. The molecule has 0 radical (unpaired) electrons. The van der Waals surface area contributed by atoms with E-state index in [1.807, 2.05) is 0 Å². The van der Waals surface area contributed by atoms with Crippen molar-refractivity contribution < 1.29 is 16.8 Å². The third-order valence-electron chi connectivity index (χ3n) is 6.01. The smallest absolute Gasteiger partial charge is 0.203 e. The fraction of sp³-hybridized carbons (Fsp3) is 0.296. The summed E-state index contributed by atoms with van der Waals surface area (Å²) >= 11 is 0. The van der Waals surface area contributed by atoms with Gasteiger partial charge in [-0.05, 0) is 51.5 Å². The lowest BCUT2D eigenvalue weighted by atomic mass is 9.93. The van der Waals surface area contributed by atoms with Gasteiger partial charge in [0.2, 0.25) is 5.36 Å². The van der Waals surface area contributed by atoms with E-state index in [-0.39, 0.29) is 12.4 Å². The Kier molecular flexibility index (Phi) is 7.40. The van der Waals surface area contributed by atoms with Crippen LogP contribution in [-0.4, -0.2) is 26.2 Å². The van der Waals surface area contributed by atoms with Gasteiger partial charge in [0.05, 0.1) is 6.07 Å². The molecule has 31 heavy (non-hydrogen) atoms. The SMILES string of the molecule is CCN(CC)c1ccc2c(-c3ccccc3)c3ccc(=[N+](CC)CC)cc-3oc2c1.[Cl-]. The minimum Gasteiger partial charge on any atom is -1.00 e. The van der Waals surface area contributed by atoms with Crippen LogP contribution in [0.25, 0.3) is 33.4 Å². The molecule has 0 unspecified atom stereocenters. The lowest BCUT2D eigenvalue weighted by Crippen LogP contribution is -3.00. The van der Waals surface area contributed by atoms with Gasteiger partial charge in [-0.2, -0.15) is 0 Å². The van der Waals surface area contributed by atoms with Gasteiger partial charge in [0.15, 0.2) is 0 Å². The second-order valence-electron chi connectivity index (χ2n) is 7.55. The first-order valence-electron chi connectivity index (χ1n) is 11.1. The Morgan fingerprint density at radius 1 is 0.806 bits per heavy atom. The topological polar surface area (TPSA) is 19.4 Å². The van der Waals surface area contributed by atoms with Crippen LogP contribution >= 0.6 is 0 Å². The van der Waals surface area contributed by atoms with Crippen molar-refractivity contribution in [3.63, 3.8) is 0 Å². The maximum absolute atomic E-state index is 6.51. The minimum absolute atomic E-state index is 0. The molecule has 0 amide bonds. The molecule has 0 N–H and O–H groups in total. The molecule has 0 aromatic heterocycles. The quantitative estimate of drug-likeness (QED) is 0.343. The van der Waals surface area contributed by atoms with E-state index in [0.717, 1.165) is 48.5 Å². The van der Waals surface area contributed by atoms with Crippen molar-refractivity contribution >= 4 is 16.7 Å². The fourth-order valence-electron chi connectivity index (χ4n) is 4.35. The summed E-state index contributed by atoms with van der Waals surface area (Å²) in [5.41, 5.74) is 5.75. The van der Waals surface area contributed by atoms with Crippen molar-refractivity contribution in [3.8, 4) is 22.5 Å². The van der Waals surface area contributed by atoms with Gasteiger partial charge >= 0.3 is 0 Å². The van der Waals surface area contributed by atoms with Crippen LogP contribution in [0.1, 0.15) is 27.7 Å². The molecule has 0 saturated carbocycles. The van der Waals surface area contributed by atoms with E-state index in [2.05, 4.69) is 104 Å². The minimum atomic E-state index is 0. The molecule has 2 aliphatic rings. The number of nitrogens with zero attached hydrogens (tertiary/aromatic N) is 2. The third-order valence-corrected chi connectivity index (χ3v) is 6.01. The summed E-state index contributed by atoms with van der Waals surface area (Å²) in [4.78, 5) is 2.35. The Labute approximate surface area is 191 Å². The zero-order chi connectivity index (χ0) is 21.1. The molecule has 4 heteroatoms. The molecular formula is C27H31ClN2O. The highest BCUT2D eigenvalue weighted by molar-refractivity contribution is 6.02. The lowest BCUT2D eigenvalue weighted by molar-refractivity contribution is -0.00000663. The van der Waals surface area contributed by atoms with Crippen molar-refractivity contribution in [1.82, 2.24) is 4.58 Å². The number of halogens is 1. The predicted molar refractivity (Wildman–Crippen MR) is 128 cm³/mol. The molecule has 1 aliphatic carbocycles. The average Bonchev–Trinajstić information content (AvgIpc) is 2.79. The number of hydrogen-bond donors (Lipinski definition) is 0. The van der Waals surface area contributed by atoms with Crippen molar-refractivity contribution in [2.24, 2.45) is 0 Å². The van der Waals surface area contributed by atoms with Crippen LogP contribution in [0.5, 0.6) is 0 Å². The van der Waals surface area contributed by atoms with Crippen LogP contribution in [0, 0.1) is 0 Å². The Hall–Kier alpha value is -2.78. The zero-order valence-corrected chi connectivity index (χ0v) is 19.6. The van der Waals surface area contributed by atoms with Crippen LogP contribution in [-0.2, 0) is 0 Å². The summed E-state index contributed by atoms with van der Waals surface area (Å²) in [5, 5.41) is 2.36. The van der Waals surface area contributed by atoms with Gasteiger partial charge in [-0.15, -0.1) is 0 Å². The van der Waals surface area contributed by atoms with Crippen LogP contribution in [0.15, 0.2) is 71.1 Å². The van der Waals surface area contributed by atoms with Gasteiger partial charge < -0.3 is 21.7 Å². The van der Waals surface area contributed by atoms with Crippen molar-refractivity contribution in [1.29, 1.82) is 0 Å². The Morgan fingerprint density at radius 3 is 2.16 bits per heavy atom. The summed E-state index contributed by atoms with van der Waals surface area (Å²) in [7, 11) is 0. The van der Waals surface area contributed by atoms with Crippen LogP contribution in [0.3, 0.4) is 0 Å². The molecule has 0 fully saturated rings. The monoisotopic (exact) mass is 434 g/mol. The largest absolute Gasteiger partial charge is 1.00 e. The highest BCUT2D eigenvalue weighted by atomic mass is 35.5. The number of anilines is 1. The van der Waals surface area contributed by atoms with Crippen molar-refractivity contribution in [2.75, 3.05) is 31.1 Å². The number of benzene rings is 3. The van der Waals surface area contributed by atoms with Crippen LogP contribution in [0.4, 0.5) is 5.69 Å². The summed E-state index contributed by atoms with van der Waals surface area (Å²) in [6.07, 6.45) is 0. The highest BCUT2D eigenvalue weighted by Gasteiger charge is 2.19. The Balaban J connectivity index is 0.00000272. The summed E-state index contributed by atoms with van der Waals surface area (Å²) in [5.74, 6) is 0.933. The van der Waals surface area contributed by atoms with E-state index in [1.165, 1.54) is 22.2 Å². The molecule has 1 aliphatic heterocycles. The summed E-state index contributed by atoms with van der Waals surface area (Å²) < 4.78 is 8.87. The average molecular weight is 435 g/mol. The van der Waals surface area contributed by atoms with Crippen molar-refractivity contribution in [3.05, 3.63) is 72.1 Å². The second kappa shape index (κ2) is 10.0. The van der Waals surface area contributed by atoms with E-state index < -0.39 is 0 Å². The van der Waals surface area contributed by atoms with Crippen LogP contribution in [0.2, 0.25) is 0 Å². The number of rotatable bonds is 6. The standard InChI is InChI=1S/C27H31N2O.ClH/c1-5-28(6-2)21-14-16-23-25(18-21)30-26-19-22(29(7-3)8-4)15-17-24(26)27(23)20-12-10-9-11-13-20;/h9-19H,5-8H2,1-4H3;1H/q+1;/p-1. The number of hydrogen-bond acceptors (Lipinski definition) is 2. The molecule has 1 heterocycles. The van der Waals surface area contributed by atoms with Gasteiger partial charge in [0.25, 0.3) is 0 Å². The van der Waals surface area contributed by atoms with E-state index >= 15 is 0 Å². The van der Waals surface area contributed by atoms with Gasteiger partial charge in [-0.3, -0.25) is 0 Å². The molecule has 0 saturated heterocycles. The van der Waals surface area contributed by atoms with Gasteiger partial charge in [-0.25, -0.2) is 4.58 Å². The molecular weight excluding hydrogens is 404 g/mol. The van der Waals surface area contributed by atoms with Gasteiger partial charge in [0.1, 0.15) is 24.4 Å². The molecule has 4 rings (SSSR count). The summed E-state index contributed by atoms with van der Waals surface area (Å²) in [6.45, 7) is 12.7. The predicted octanol–water partition coefficient (Wildman–Crippen LogP) is 2.87. The van der Waals surface area contributed by atoms with Gasteiger partial charge in [0, 0.05) is 47.4 Å². The molecule has 0 atom stereocenters. The molecule has 162 valence electrons. The highest BCUT2D eigenvalue weighted by Crippen LogP contribution is 2.40. The molecule has 0 spiro atoms. The first kappa shape index (κ1) is 22.9. The number of fused-ring (bicyclic) bond motifs is 2. The van der Waals surface area contributed by atoms with Gasteiger partial charge in [-0.1, -0.05) is 30.3 Å². The van der Waals surface area contributed by atoms with Crippen molar-refractivity contribution in [2.45, 2.75) is 27.7 Å². The maximum Gasteiger partial charge on any atom is 0.203 e. The maximum atomic E-state index is 6.51. The molecule has 2 aromatic rings. The van der Waals surface area contributed by atoms with E-state index in [1.54, 1.807) is 0 Å².